The van der Waals surface area contributed by atoms with Gasteiger partial charge in [0.1, 0.15) is 17.4 Å². The van der Waals surface area contributed by atoms with Crippen LogP contribution >= 0.6 is 0 Å². The number of nitriles is 1. The van der Waals surface area contributed by atoms with Crippen molar-refractivity contribution in [3.05, 3.63) is 77.9 Å². The van der Waals surface area contributed by atoms with Gasteiger partial charge < -0.3 is 10.1 Å². The van der Waals surface area contributed by atoms with Gasteiger partial charge in [-0.25, -0.2) is 0 Å². The molecule has 0 aliphatic carbocycles. The highest BCUT2D eigenvalue weighted by molar-refractivity contribution is 6.10. The number of carbonyl (C=O) groups excluding carboxylic acids is 1. The highest BCUT2D eigenvalue weighted by Crippen LogP contribution is 2.22. The van der Waals surface area contributed by atoms with E-state index in [0.29, 0.717) is 17.0 Å². The average molecular weight is 328 g/mol. The standard InChI is InChI=1S/C21H16N2O2/c1-25-20-9-5-4-8-17(20)12-18(14-22)21(24)23-19-11-10-15-6-2-3-7-16(15)13-19/h2-13H,1H3,(H,23,24)/b18-12+. The maximum Gasteiger partial charge on any atom is 0.266 e. The molecule has 0 aliphatic rings. The summed E-state index contributed by atoms with van der Waals surface area (Å²) in [5.41, 5.74) is 1.33. The second-order valence-corrected chi connectivity index (χ2v) is 5.43. The third-order valence-electron chi connectivity index (χ3n) is 3.81. The molecule has 0 unspecified atom stereocenters. The second kappa shape index (κ2) is 7.33. The molecular formula is C21H16N2O2. The zero-order valence-electron chi connectivity index (χ0n) is 13.7. The Hall–Kier alpha value is -3.58. The molecule has 4 heteroatoms. The molecule has 3 aromatic carbocycles. The number of methoxy groups -OCH3 is 1. The predicted molar refractivity (Wildman–Crippen MR) is 99.2 cm³/mol. The highest BCUT2D eigenvalue weighted by atomic mass is 16.5. The van der Waals surface area contributed by atoms with E-state index in [-0.39, 0.29) is 5.57 Å². The Labute approximate surface area is 146 Å². The lowest BCUT2D eigenvalue weighted by Crippen LogP contribution is -2.13. The zero-order valence-corrected chi connectivity index (χ0v) is 13.7. The van der Waals surface area contributed by atoms with Crippen LogP contribution in [0.2, 0.25) is 0 Å². The first kappa shape index (κ1) is 16.3. The minimum absolute atomic E-state index is 0.0117. The lowest BCUT2D eigenvalue weighted by atomic mass is 10.1. The van der Waals surface area contributed by atoms with Gasteiger partial charge in [-0.05, 0) is 35.0 Å². The van der Waals surface area contributed by atoms with Crippen LogP contribution in [0.5, 0.6) is 5.75 Å². The van der Waals surface area contributed by atoms with Gasteiger partial charge >= 0.3 is 0 Å². The number of para-hydroxylation sites is 1. The van der Waals surface area contributed by atoms with E-state index in [0.717, 1.165) is 10.8 Å². The first-order valence-electron chi connectivity index (χ1n) is 7.76. The van der Waals surface area contributed by atoms with Gasteiger partial charge in [0.15, 0.2) is 0 Å². The number of benzene rings is 3. The van der Waals surface area contributed by atoms with Gasteiger partial charge in [-0.1, -0.05) is 48.5 Å². The molecule has 0 aromatic heterocycles. The molecule has 0 saturated carbocycles. The molecule has 0 radical (unpaired) electrons. The van der Waals surface area contributed by atoms with Gasteiger partial charge in [0.2, 0.25) is 0 Å². The van der Waals surface area contributed by atoms with Crippen molar-refractivity contribution in [2.75, 3.05) is 12.4 Å². The van der Waals surface area contributed by atoms with Crippen molar-refractivity contribution >= 4 is 28.4 Å². The number of hydrogen-bond acceptors (Lipinski definition) is 3. The van der Waals surface area contributed by atoms with E-state index in [1.165, 1.54) is 6.08 Å². The van der Waals surface area contributed by atoms with Crippen LogP contribution in [0.3, 0.4) is 0 Å². The fraction of sp³-hybridized carbons (Fsp3) is 0.0476. The van der Waals surface area contributed by atoms with Crippen molar-refractivity contribution in [3.8, 4) is 11.8 Å². The van der Waals surface area contributed by atoms with Gasteiger partial charge in [-0.3, -0.25) is 4.79 Å². The molecule has 0 atom stereocenters. The van der Waals surface area contributed by atoms with Crippen LogP contribution in [-0.2, 0) is 4.79 Å². The number of fused-ring (bicyclic) bond motifs is 1. The Morgan fingerprint density at radius 1 is 1.04 bits per heavy atom. The van der Waals surface area contributed by atoms with Gasteiger partial charge in [0.25, 0.3) is 5.91 Å². The molecule has 3 aromatic rings. The summed E-state index contributed by atoms with van der Waals surface area (Å²) in [6, 6.07) is 22.7. The summed E-state index contributed by atoms with van der Waals surface area (Å²) in [6.07, 6.45) is 1.52. The van der Waals surface area contributed by atoms with Crippen LogP contribution in [0.25, 0.3) is 16.8 Å². The van der Waals surface area contributed by atoms with Crippen LogP contribution in [0.4, 0.5) is 5.69 Å². The first-order valence-corrected chi connectivity index (χ1v) is 7.76. The van der Waals surface area contributed by atoms with Crippen LogP contribution in [0.1, 0.15) is 5.56 Å². The monoisotopic (exact) mass is 328 g/mol. The van der Waals surface area contributed by atoms with Crippen molar-refractivity contribution in [3.63, 3.8) is 0 Å². The summed E-state index contributed by atoms with van der Waals surface area (Å²) < 4.78 is 5.25. The number of amides is 1. The molecule has 1 N–H and O–H groups in total. The molecule has 25 heavy (non-hydrogen) atoms. The third kappa shape index (κ3) is 3.67. The summed E-state index contributed by atoms with van der Waals surface area (Å²) in [5.74, 6) is 0.150. The minimum Gasteiger partial charge on any atom is -0.496 e. The van der Waals surface area contributed by atoms with Gasteiger partial charge in [-0.15, -0.1) is 0 Å². The number of hydrogen-bond donors (Lipinski definition) is 1. The lowest BCUT2D eigenvalue weighted by Gasteiger charge is -2.07. The molecule has 0 bridgehead atoms. The molecular weight excluding hydrogens is 312 g/mol. The lowest BCUT2D eigenvalue weighted by molar-refractivity contribution is -0.112. The Bertz CT molecular complexity index is 1000. The van der Waals surface area contributed by atoms with Crippen LogP contribution in [-0.4, -0.2) is 13.0 Å². The topological polar surface area (TPSA) is 62.1 Å². The summed E-state index contributed by atoms with van der Waals surface area (Å²) in [4.78, 5) is 12.4. The molecule has 4 nitrogen and oxygen atoms in total. The number of rotatable bonds is 4. The largest absolute Gasteiger partial charge is 0.496 e. The highest BCUT2D eigenvalue weighted by Gasteiger charge is 2.11. The van der Waals surface area contributed by atoms with E-state index >= 15 is 0 Å². The molecule has 0 spiro atoms. The molecule has 1 amide bonds. The predicted octanol–water partition coefficient (Wildman–Crippen LogP) is 4.39. The Morgan fingerprint density at radius 2 is 1.76 bits per heavy atom. The fourth-order valence-electron chi connectivity index (χ4n) is 2.56. The minimum atomic E-state index is -0.455. The molecule has 0 heterocycles. The number of nitrogens with one attached hydrogen (secondary N) is 1. The summed E-state index contributed by atoms with van der Waals surface area (Å²) in [7, 11) is 1.55. The van der Waals surface area contributed by atoms with Gasteiger partial charge in [0.05, 0.1) is 7.11 Å². The maximum absolute atomic E-state index is 12.4. The Balaban J connectivity index is 1.87. The average Bonchev–Trinajstić information content (AvgIpc) is 2.66. The van der Waals surface area contributed by atoms with Crippen LogP contribution in [0.15, 0.2) is 72.3 Å². The van der Waals surface area contributed by atoms with Gasteiger partial charge in [-0.2, -0.15) is 5.26 Å². The van der Waals surface area contributed by atoms with E-state index in [4.69, 9.17) is 4.74 Å². The summed E-state index contributed by atoms with van der Waals surface area (Å²) in [5, 5.41) is 14.2. The number of carbonyl (C=O) groups is 1. The van der Waals surface area contributed by atoms with E-state index in [1.54, 1.807) is 19.2 Å². The number of anilines is 1. The fourth-order valence-corrected chi connectivity index (χ4v) is 2.56. The first-order chi connectivity index (χ1) is 12.2. The quantitative estimate of drug-likeness (QED) is 0.570. The van der Waals surface area contributed by atoms with E-state index < -0.39 is 5.91 Å². The van der Waals surface area contributed by atoms with Crippen molar-refractivity contribution < 1.29 is 9.53 Å². The molecule has 3 rings (SSSR count). The summed E-state index contributed by atoms with van der Waals surface area (Å²) >= 11 is 0. The van der Waals surface area contributed by atoms with Crippen molar-refractivity contribution in [1.29, 1.82) is 5.26 Å². The molecule has 0 fully saturated rings. The van der Waals surface area contributed by atoms with E-state index in [2.05, 4.69) is 5.32 Å². The molecule has 122 valence electrons. The Morgan fingerprint density at radius 3 is 2.52 bits per heavy atom. The third-order valence-corrected chi connectivity index (χ3v) is 3.81. The van der Waals surface area contributed by atoms with Crippen molar-refractivity contribution in [2.24, 2.45) is 0 Å². The van der Waals surface area contributed by atoms with E-state index in [9.17, 15) is 10.1 Å². The molecule has 0 aliphatic heterocycles. The zero-order chi connectivity index (χ0) is 17.6. The number of ether oxygens (including phenoxy) is 1. The molecule has 0 saturated heterocycles. The number of nitrogens with zero attached hydrogens (tertiary/aromatic N) is 1. The van der Waals surface area contributed by atoms with Crippen LogP contribution < -0.4 is 10.1 Å². The van der Waals surface area contributed by atoms with Crippen molar-refractivity contribution in [1.82, 2.24) is 0 Å². The normalized spacial score (nSPS) is 11.0. The van der Waals surface area contributed by atoms with Crippen molar-refractivity contribution in [2.45, 2.75) is 0 Å². The summed E-state index contributed by atoms with van der Waals surface area (Å²) in [6.45, 7) is 0. The van der Waals surface area contributed by atoms with Crippen LogP contribution in [0, 0.1) is 11.3 Å². The smallest absolute Gasteiger partial charge is 0.266 e. The Kier molecular flexibility index (Phi) is 4.77. The second-order valence-electron chi connectivity index (χ2n) is 5.43. The maximum atomic E-state index is 12.4. The van der Waals surface area contributed by atoms with E-state index in [1.807, 2.05) is 60.7 Å². The SMILES string of the molecule is COc1ccccc1/C=C(\C#N)C(=O)Nc1ccc2ccccc2c1. The van der Waals surface area contributed by atoms with Gasteiger partial charge in [0, 0.05) is 11.3 Å².